The Balaban J connectivity index is 1.65. The lowest BCUT2D eigenvalue weighted by molar-refractivity contribution is 0.521. The number of pyridine rings is 1. The smallest absolute Gasteiger partial charge is 0.225 e. The maximum Gasteiger partial charge on any atom is 0.225 e. The van der Waals surface area contributed by atoms with Gasteiger partial charge in [0.05, 0.1) is 0 Å². The van der Waals surface area contributed by atoms with Gasteiger partial charge in [0.15, 0.2) is 0 Å². The van der Waals surface area contributed by atoms with Crippen LogP contribution in [0.2, 0.25) is 0 Å². The van der Waals surface area contributed by atoms with Crippen LogP contribution in [0.3, 0.4) is 0 Å². The van der Waals surface area contributed by atoms with Crippen molar-refractivity contribution < 1.29 is 0 Å². The summed E-state index contributed by atoms with van der Waals surface area (Å²) in [6.07, 6.45) is 7.68. The molecule has 0 saturated carbocycles. The SMILES string of the molecule is c1ccc(N[C@@H]2CCCN(c3ncccn3)C2)nc1. The van der Waals surface area contributed by atoms with Gasteiger partial charge in [-0.25, -0.2) is 15.0 Å². The van der Waals surface area contributed by atoms with E-state index in [0.717, 1.165) is 37.7 Å². The van der Waals surface area contributed by atoms with Crippen molar-refractivity contribution in [2.75, 3.05) is 23.3 Å². The average molecular weight is 255 g/mol. The topological polar surface area (TPSA) is 53.9 Å². The number of anilines is 2. The fourth-order valence-electron chi connectivity index (χ4n) is 2.39. The Morgan fingerprint density at radius 3 is 2.68 bits per heavy atom. The Bertz CT molecular complexity index is 502. The van der Waals surface area contributed by atoms with Crippen LogP contribution in [0.1, 0.15) is 12.8 Å². The standard InChI is InChI=1S/C14H17N5/c1-2-7-15-13(6-1)18-12-5-3-10-19(11-12)14-16-8-4-9-17-14/h1-2,4,6-9,12H,3,5,10-11H2,(H,15,18)/t12-/m1/s1. The van der Waals surface area contributed by atoms with Crippen LogP contribution in [0.5, 0.6) is 0 Å². The predicted octanol–water partition coefficient (Wildman–Crippen LogP) is 1.95. The number of hydrogen-bond acceptors (Lipinski definition) is 5. The first-order valence-electron chi connectivity index (χ1n) is 6.61. The lowest BCUT2D eigenvalue weighted by Crippen LogP contribution is -2.43. The van der Waals surface area contributed by atoms with Crippen LogP contribution in [0.4, 0.5) is 11.8 Å². The minimum absolute atomic E-state index is 0.396. The van der Waals surface area contributed by atoms with Crippen LogP contribution < -0.4 is 10.2 Å². The summed E-state index contributed by atoms with van der Waals surface area (Å²) in [5.74, 6) is 1.75. The molecule has 0 bridgehead atoms. The van der Waals surface area contributed by atoms with E-state index in [9.17, 15) is 0 Å². The highest BCUT2D eigenvalue weighted by molar-refractivity contribution is 5.37. The molecule has 98 valence electrons. The van der Waals surface area contributed by atoms with Crippen molar-refractivity contribution in [3.8, 4) is 0 Å². The molecule has 1 saturated heterocycles. The number of aromatic nitrogens is 3. The van der Waals surface area contributed by atoms with Crippen LogP contribution >= 0.6 is 0 Å². The molecular weight excluding hydrogens is 238 g/mol. The molecule has 1 aliphatic rings. The van der Waals surface area contributed by atoms with E-state index in [1.54, 1.807) is 12.4 Å². The van der Waals surface area contributed by atoms with Gasteiger partial charge in [-0.05, 0) is 31.0 Å². The van der Waals surface area contributed by atoms with Gasteiger partial charge in [-0.1, -0.05) is 6.07 Å². The van der Waals surface area contributed by atoms with E-state index in [0.29, 0.717) is 6.04 Å². The molecule has 1 N–H and O–H groups in total. The van der Waals surface area contributed by atoms with Gasteiger partial charge >= 0.3 is 0 Å². The molecule has 2 aromatic heterocycles. The number of nitrogens with zero attached hydrogens (tertiary/aromatic N) is 4. The molecule has 0 aliphatic carbocycles. The maximum absolute atomic E-state index is 4.32. The fourth-order valence-corrected chi connectivity index (χ4v) is 2.39. The third kappa shape index (κ3) is 2.99. The lowest BCUT2D eigenvalue weighted by Gasteiger charge is -2.33. The lowest BCUT2D eigenvalue weighted by atomic mass is 10.1. The van der Waals surface area contributed by atoms with Crippen molar-refractivity contribution >= 4 is 11.8 Å². The van der Waals surface area contributed by atoms with Gasteiger partial charge in [-0.3, -0.25) is 0 Å². The van der Waals surface area contributed by atoms with Crippen molar-refractivity contribution in [1.82, 2.24) is 15.0 Å². The molecule has 2 aromatic rings. The Labute approximate surface area is 112 Å². The zero-order valence-electron chi connectivity index (χ0n) is 10.7. The first kappa shape index (κ1) is 11.9. The van der Waals surface area contributed by atoms with Crippen molar-refractivity contribution in [3.05, 3.63) is 42.9 Å². The molecular formula is C14H17N5. The summed E-state index contributed by atoms with van der Waals surface area (Å²) in [4.78, 5) is 15.2. The summed E-state index contributed by atoms with van der Waals surface area (Å²) < 4.78 is 0. The maximum atomic E-state index is 4.32. The van der Waals surface area contributed by atoms with E-state index in [-0.39, 0.29) is 0 Å². The molecule has 0 amide bonds. The highest BCUT2D eigenvalue weighted by Crippen LogP contribution is 2.17. The minimum Gasteiger partial charge on any atom is -0.366 e. The highest BCUT2D eigenvalue weighted by Gasteiger charge is 2.21. The van der Waals surface area contributed by atoms with Crippen LogP contribution in [0.15, 0.2) is 42.9 Å². The Kier molecular flexibility index (Phi) is 3.54. The number of piperidine rings is 1. The van der Waals surface area contributed by atoms with Crippen molar-refractivity contribution in [2.24, 2.45) is 0 Å². The molecule has 5 heteroatoms. The fraction of sp³-hybridized carbons (Fsp3) is 0.357. The van der Waals surface area contributed by atoms with Crippen molar-refractivity contribution in [3.63, 3.8) is 0 Å². The van der Waals surface area contributed by atoms with Gasteiger partial charge < -0.3 is 10.2 Å². The van der Waals surface area contributed by atoms with Crippen LogP contribution in [-0.2, 0) is 0 Å². The van der Waals surface area contributed by atoms with Crippen LogP contribution in [-0.4, -0.2) is 34.1 Å². The van der Waals surface area contributed by atoms with Crippen molar-refractivity contribution in [2.45, 2.75) is 18.9 Å². The molecule has 3 heterocycles. The zero-order chi connectivity index (χ0) is 12.9. The summed E-state index contributed by atoms with van der Waals surface area (Å²) in [6.45, 7) is 1.94. The minimum atomic E-state index is 0.396. The molecule has 0 unspecified atom stereocenters. The van der Waals surface area contributed by atoms with Crippen LogP contribution in [0.25, 0.3) is 0 Å². The second-order valence-electron chi connectivity index (χ2n) is 4.69. The van der Waals surface area contributed by atoms with Gasteiger partial charge in [-0.15, -0.1) is 0 Å². The number of nitrogens with one attached hydrogen (secondary N) is 1. The third-order valence-corrected chi connectivity index (χ3v) is 3.27. The number of hydrogen-bond donors (Lipinski definition) is 1. The van der Waals surface area contributed by atoms with E-state index < -0.39 is 0 Å². The second kappa shape index (κ2) is 5.65. The zero-order valence-corrected chi connectivity index (χ0v) is 10.7. The Morgan fingerprint density at radius 2 is 1.89 bits per heavy atom. The summed E-state index contributed by atoms with van der Waals surface area (Å²) in [6, 6.07) is 8.16. The molecule has 3 rings (SSSR count). The first-order valence-corrected chi connectivity index (χ1v) is 6.61. The van der Waals surface area contributed by atoms with Crippen LogP contribution in [0, 0.1) is 0 Å². The average Bonchev–Trinajstić information content (AvgIpc) is 2.49. The Morgan fingerprint density at radius 1 is 1.05 bits per heavy atom. The molecule has 1 aliphatic heterocycles. The highest BCUT2D eigenvalue weighted by atomic mass is 15.3. The predicted molar refractivity (Wildman–Crippen MR) is 75.1 cm³/mol. The monoisotopic (exact) mass is 255 g/mol. The van der Waals surface area contributed by atoms with Gasteiger partial charge in [0.1, 0.15) is 5.82 Å². The van der Waals surface area contributed by atoms with E-state index in [1.807, 2.05) is 30.5 Å². The van der Waals surface area contributed by atoms with Gasteiger partial charge in [-0.2, -0.15) is 0 Å². The molecule has 0 radical (unpaired) electrons. The number of rotatable bonds is 3. The van der Waals surface area contributed by atoms with E-state index in [4.69, 9.17) is 0 Å². The van der Waals surface area contributed by atoms with Crippen molar-refractivity contribution in [1.29, 1.82) is 0 Å². The second-order valence-corrected chi connectivity index (χ2v) is 4.69. The van der Waals surface area contributed by atoms with Gasteiger partial charge in [0.25, 0.3) is 0 Å². The molecule has 1 atom stereocenters. The first-order chi connectivity index (χ1) is 9.42. The Hall–Kier alpha value is -2.17. The molecule has 5 nitrogen and oxygen atoms in total. The molecule has 0 spiro atoms. The summed E-state index contributed by atoms with van der Waals surface area (Å²) >= 11 is 0. The van der Waals surface area contributed by atoms with Gasteiger partial charge in [0, 0.05) is 37.7 Å². The molecule has 19 heavy (non-hydrogen) atoms. The summed E-state index contributed by atoms with van der Waals surface area (Å²) in [7, 11) is 0. The summed E-state index contributed by atoms with van der Waals surface area (Å²) in [5.41, 5.74) is 0. The summed E-state index contributed by atoms with van der Waals surface area (Å²) in [5, 5.41) is 3.47. The normalized spacial score (nSPS) is 19.2. The van der Waals surface area contributed by atoms with Gasteiger partial charge in [0.2, 0.25) is 5.95 Å². The van der Waals surface area contributed by atoms with E-state index >= 15 is 0 Å². The molecule has 1 fully saturated rings. The van der Waals surface area contributed by atoms with E-state index in [2.05, 4.69) is 25.2 Å². The molecule has 0 aromatic carbocycles. The largest absolute Gasteiger partial charge is 0.366 e. The quantitative estimate of drug-likeness (QED) is 0.908. The third-order valence-electron chi connectivity index (χ3n) is 3.27. The van der Waals surface area contributed by atoms with E-state index in [1.165, 1.54) is 0 Å².